The predicted molar refractivity (Wildman–Crippen MR) is 75.4 cm³/mol. The van der Waals surface area contributed by atoms with Gasteiger partial charge in [0.25, 0.3) is 5.91 Å². The molecule has 0 aliphatic heterocycles. The summed E-state index contributed by atoms with van der Waals surface area (Å²) in [5.41, 5.74) is 0.465. The van der Waals surface area contributed by atoms with Crippen molar-refractivity contribution >= 4 is 39.4 Å². The van der Waals surface area contributed by atoms with Crippen molar-refractivity contribution in [2.24, 2.45) is 5.92 Å². The minimum atomic E-state index is -0.894. The van der Waals surface area contributed by atoms with E-state index in [0.717, 1.165) is 12.8 Å². The SMILES string of the molecule is O=C(O)CC(NC(=O)c1ccc(Cl)c(Br)c1)C1CC1. The van der Waals surface area contributed by atoms with E-state index in [1.165, 1.54) is 0 Å². The second-order valence-electron chi connectivity index (χ2n) is 4.64. The standard InChI is InChI=1S/C13H13BrClNO3/c14-9-5-8(3-4-10(9)15)13(19)16-11(6-12(17)18)7-1-2-7/h3-5,7,11H,1-2,6H2,(H,16,19)(H,17,18). The van der Waals surface area contributed by atoms with E-state index in [0.29, 0.717) is 15.1 Å². The summed E-state index contributed by atoms with van der Waals surface area (Å²) in [6.45, 7) is 0. The summed E-state index contributed by atoms with van der Waals surface area (Å²) in [4.78, 5) is 22.8. The first-order valence-electron chi connectivity index (χ1n) is 5.95. The summed E-state index contributed by atoms with van der Waals surface area (Å²) in [5.74, 6) is -0.874. The molecule has 1 aromatic rings. The van der Waals surface area contributed by atoms with Gasteiger partial charge in [-0.3, -0.25) is 9.59 Å². The van der Waals surface area contributed by atoms with Crippen LogP contribution in [-0.2, 0) is 4.79 Å². The fourth-order valence-corrected chi connectivity index (χ4v) is 2.41. The fourth-order valence-electron chi connectivity index (χ4n) is 1.91. The Kier molecular flexibility index (Phi) is 4.47. The molecule has 1 amide bonds. The molecule has 0 spiro atoms. The van der Waals surface area contributed by atoms with Crippen molar-refractivity contribution in [2.75, 3.05) is 0 Å². The Hall–Kier alpha value is -1.07. The molecule has 2 N–H and O–H groups in total. The van der Waals surface area contributed by atoms with Crippen molar-refractivity contribution in [1.29, 1.82) is 0 Å². The van der Waals surface area contributed by atoms with Crippen molar-refractivity contribution in [2.45, 2.75) is 25.3 Å². The lowest BCUT2D eigenvalue weighted by Gasteiger charge is -2.16. The number of hydrogen-bond donors (Lipinski definition) is 2. The predicted octanol–water partition coefficient (Wildman–Crippen LogP) is 3.09. The van der Waals surface area contributed by atoms with Crippen LogP contribution in [0.2, 0.25) is 5.02 Å². The minimum Gasteiger partial charge on any atom is -0.481 e. The average molecular weight is 347 g/mol. The lowest BCUT2D eigenvalue weighted by molar-refractivity contribution is -0.137. The maximum atomic E-state index is 12.1. The highest BCUT2D eigenvalue weighted by atomic mass is 79.9. The monoisotopic (exact) mass is 345 g/mol. The number of carboxylic acids is 1. The van der Waals surface area contributed by atoms with Crippen LogP contribution in [0.3, 0.4) is 0 Å². The lowest BCUT2D eigenvalue weighted by Crippen LogP contribution is -2.38. The first-order valence-corrected chi connectivity index (χ1v) is 7.12. The smallest absolute Gasteiger partial charge is 0.305 e. The molecule has 1 aliphatic rings. The number of carbonyl (C=O) groups excluding carboxylic acids is 1. The fraction of sp³-hybridized carbons (Fsp3) is 0.385. The average Bonchev–Trinajstić information content (AvgIpc) is 3.15. The van der Waals surface area contributed by atoms with Gasteiger partial charge >= 0.3 is 5.97 Å². The summed E-state index contributed by atoms with van der Waals surface area (Å²) in [7, 11) is 0. The van der Waals surface area contributed by atoms with Gasteiger partial charge in [-0.1, -0.05) is 11.6 Å². The van der Waals surface area contributed by atoms with E-state index < -0.39 is 5.97 Å². The zero-order valence-electron chi connectivity index (χ0n) is 10.0. The Morgan fingerprint density at radius 2 is 2.16 bits per heavy atom. The van der Waals surface area contributed by atoms with Crippen LogP contribution in [0.5, 0.6) is 0 Å². The number of aliphatic carboxylic acids is 1. The minimum absolute atomic E-state index is 0.0365. The molecule has 1 aliphatic carbocycles. The molecule has 0 bridgehead atoms. The summed E-state index contributed by atoms with van der Waals surface area (Å²) >= 11 is 9.12. The van der Waals surface area contributed by atoms with E-state index in [4.69, 9.17) is 16.7 Å². The second-order valence-corrected chi connectivity index (χ2v) is 5.91. The Labute approximate surface area is 124 Å². The Balaban J connectivity index is 2.05. The molecule has 0 aromatic heterocycles. The molecule has 102 valence electrons. The highest BCUT2D eigenvalue weighted by Gasteiger charge is 2.33. The van der Waals surface area contributed by atoms with Crippen molar-refractivity contribution in [3.05, 3.63) is 33.3 Å². The molecule has 1 saturated carbocycles. The van der Waals surface area contributed by atoms with Gasteiger partial charge in [-0.25, -0.2) is 0 Å². The third kappa shape index (κ3) is 3.94. The van der Waals surface area contributed by atoms with Crippen molar-refractivity contribution in [3.8, 4) is 0 Å². The van der Waals surface area contributed by atoms with Gasteiger partial charge in [0, 0.05) is 16.1 Å². The van der Waals surface area contributed by atoms with Gasteiger partial charge < -0.3 is 10.4 Å². The molecule has 4 nitrogen and oxygen atoms in total. The van der Waals surface area contributed by atoms with Crippen LogP contribution in [0.1, 0.15) is 29.6 Å². The largest absolute Gasteiger partial charge is 0.481 e. The molecular formula is C13H13BrClNO3. The van der Waals surface area contributed by atoms with Gasteiger partial charge in [-0.05, 0) is 52.9 Å². The maximum absolute atomic E-state index is 12.1. The zero-order chi connectivity index (χ0) is 14.0. The lowest BCUT2D eigenvalue weighted by atomic mass is 10.1. The van der Waals surface area contributed by atoms with E-state index in [1.54, 1.807) is 18.2 Å². The van der Waals surface area contributed by atoms with Crippen LogP contribution in [-0.4, -0.2) is 23.0 Å². The van der Waals surface area contributed by atoms with Crippen LogP contribution in [0, 0.1) is 5.92 Å². The number of carboxylic acid groups (broad SMARTS) is 1. The number of rotatable bonds is 5. The Morgan fingerprint density at radius 3 is 2.68 bits per heavy atom. The summed E-state index contributed by atoms with van der Waals surface area (Å²) < 4.78 is 0.642. The zero-order valence-corrected chi connectivity index (χ0v) is 12.4. The van der Waals surface area contributed by atoms with Crippen LogP contribution < -0.4 is 5.32 Å². The third-order valence-electron chi connectivity index (χ3n) is 3.08. The van der Waals surface area contributed by atoms with E-state index in [9.17, 15) is 9.59 Å². The molecule has 1 atom stereocenters. The first kappa shape index (κ1) is 14.3. The van der Waals surface area contributed by atoms with E-state index in [1.807, 2.05) is 0 Å². The van der Waals surface area contributed by atoms with Crippen molar-refractivity contribution in [3.63, 3.8) is 0 Å². The van der Waals surface area contributed by atoms with E-state index in [2.05, 4.69) is 21.2 Å². The number of hydrogen-bond acceptors (Lipinski definition) is 2. The Bertz CT molecular complexity index is 517. The third-order valence-corrected chi connectivity index (χ3v) is 4.30. The molecular weight excluding hydrogens is 334 g/mol. The maximum Gasteiger partial charge on any atom is 0.305 e. The van der Waals surface area contributed by atoms with Gasteiger partial charge in [0.2, 0.25) is 0 Å². The summed E-state index contributed by atoms with van der Waals surface area (Å²) in [6.07, 6.45) is 1.91. The molecule has 0 heterocycles. The molecule has 2 rings (SSSR count). The van der Waals surface area contributed by atoms with Crippen LogP contribution in [0.4, 0.5) is 0 Å². The topological polar surface area (TPSA) is 66.4 Å². The van der Waals surface area contributed by atoms with Crippen LogP contribution in [0.15, 0.2) is 22.7 Å². The van der Waals surface area contributed by atoms with E-state index in [-0.39, 0.29) is 24.3 Å². The molecule has 1 aromatic carbocycles. The summed E-state index contributed by atoms with van der Waals surface area (Å²) in [6, 6.07) is 4.58. The quantitative estimate of drug-likeness (QED) is 0.861. The van der Waals surface area contributed by atoms with Gasteiger partial charge in [-0.2, -0.15) is 0 Å². The van der Waals surface area contributed by atoms with Crippen LogP contribution >= 0.6 is 27.5 Å². The normalized spacial score (nSPS) is 15.9. The molecule has 6 heteroatoms. The Morgan fingerprint density at radius 1 is 1.47 bits per heavy atom. The molecule has 0 saturated heterocycles. The van der Waals surface area contributed by atoms with Gasteiger partial charge in [0.15, 0.2) is 0 Å². The van der Waals surface area contributed by atoms with Gasteiger partial charge in [0.1, 0.15) is 0 Å². The second kappa shape index (κ2) is 5.92. The summed E-state index contributed by atoms with van der Waals surface area (Å²) in [5, 5.41) is 12.2. The number of nitrogens with one attached hydrogen (secondary N) is 1. The van der Waals surface area contributed by atoms with E-state index >= 15 is 0 Å². The number of benzene rings is 1. The van der Waals surface area contributed by atoms with Crippen LogP contribution in [0.25, 0.3) is 0 Å². The highest BCUT2D eigenvalue weighted by molar-refractivity contribution is 9.10. The molecule has 19 heavy (non-hydrogen) atoms. The molecule has 1 unspecified atom stereocenters. The van der Waals surface area contributed by atoms with Crippen molar-refractivity contribution in [1.82, 2.24) is 5.32 Å². The molecule has 1 fully saturated rings. The molecule has 0 radical (unpaired) electrons. The number of halogens is 2. The van der Waals surface area contributed by atoms with Gasteiger partial charge in [0.05, 0.1) is 11.4 Å². The van der Waals surface area contributed by atoms with Crippen molar-refractivity contribution < 1.29 is 14.7 Å². The number of carbonyl (C=O) groups is 2. The first-order chi connectivity index (χ1) is 8.97. The van der Waals surface area contributed by atoms with Gasteiger partial charge in [-0.15, -0.1) is 0 Å². The highest BCUT2D eigenvalue weighted by Crippen LogP contribution is 2.34. The number of amides is 1.